The number of hydrogen-bond acceptors (Lipinski definition) is 5. The zero-order chi connectivity index (χ0) is 17.3. The molecule has 0 radical (unpaired) electrons. The Morgan fingerprint density at radius 3 is 2.71 bits per heavy atom. The number of carbonyl (C=O) groups excluding carboxylic acids is 1. The number of nitrogens with zero attached hydrogens (tertiary/aromatic N) is 1. The molecule has 1 amide bonds. The van der Waals surface area contributed by atoms with Crippen LogP contribution in [0.25, 0.3) is 11.3 Å². The maximum absolute atomic E-state index is 13.2. The predicted octanol–water partition coefficient (Wildman–Crippen LogP) is 3.06. The molecular weight excluding hydrogens is 336 g/mol. The second kappa shape index (κ2) is 6.45. The molecule has 2 heterocycles. The van der Waals surface area contributed by atoms with Crippen LogP contribution in [0, 0.1) is 6.92 Å². The number of aromatic nitrogens is 1. The van der Waals surface area contributed by atoms with Crippen molar-refractivity contribution in [3.63, 3.8) is 0 Å². The molecule has 0 saturated carbocycles. The summed E-state index contributed by atoms with van der Waals surface area (Å²) in [6, 6.07) is 6.53. The molecule has 0 spiro atoms. The molecule has 1 saturated heterocycles. The van der Waals surface area contributed by atoms with Crippen LogP contribution in [0.2, 0.25) is 0 Å². The van der Waals surface area contributed by atoms with Crippen molar-refractivity contribution in [2.75, 3.05) is 19.0 Å². The third-order valence-corrected chi connectivity index (χ3v) is 4.70. The summed E-state index contributed by atoms with van der Waals surface area (Å²) in [7, 11) is 1.59. The fourth-order valence-electron chi connectivity index (χ4n) is 2.56. The lowest BCUT2D eigenvalue weighted by Crippen LogP contribution is -2.35. The van der Waals surface area contributed by atoms with Gasteiger partial charge in [-0.1, -0.05) is 0 Å². The molecule has 5 nitrogen and oxygen atoms in total. The number of benzene rings is 1. The Morgan fingerprint density at radius 1 is 1.42 bits per heavy atom. The van der Waals surface area contributed by atoms with Gasteiger partial charge in [0.2, 0.25) is 5.91 Å². The molecule has 1 fully saturated rings. The van der Waals surface area contributed by atoms with Gasteiger partial charge in [-0.2, -0.15) is 0 Å². The molecule has 1 atom stereocenters. The summed E-state index contributed by atoms with van der Waals surface area (Å²) in [5.41, 5.74) is 1.65. The first kappa shape index (κ1) is 16.8. The van der Waals surface area contributed by atoms with E-state index < -0.39 is 30.8 Å². The van der Waals surface area contributed by atoms with Gasteiger partial charge in [0.25, 0.3) is 5.92 Å². The smallest absolute Gasteiger partial charge is 0.262 e. The van der Waals surface area contributed by atoms with Crippen molar-refractivity contribution in [3.8, 4) is 17.0 Å². The summed E-state index contributed by atoms with van der Waals surface area (Å²) in [6.45, 7) is 1.42. The van der Waals surface area contributed by atoms with Crippen LogP contribution in [0.15, 0.2) is 24.3 Å². The van der Waals surface area contributed by atoms with E-state index in [-0.39, 0.29) is 0 Å². The third kappa shape index (κ3) is 3.54. The highest BCUT2D eigenvalue weighted by molar-refractivity contribution is 7.16. The van der Waals surface area contributed by atoms with E-state index in [2.05, 4.69) is 15.6 Å². The minimum absolute atomic E-state index is 0.403. The summed E-state index contributed by atoms with van der Waals surface area (Å²) in [4.78, 5) is 17.4. The lowest BCUT2D eigenvalue weighted by atomic mass is 10.1. The monoisotopic (exact) mass is 353 g/mol. The van der Waals surface area contributed by atoms with Crippen LogP contribution < -0.4 is 15.4 Å². The highest BCUT2D eigenvalue weighted by atomic mass is 32.1. The first-order valence-electron chi connectivity index (χ1n) is 7.42. The fourth-order valence-corrected chi connectivity index (χ4v) is 3.40. The van der Waals surface area contributed by atoms with Crippen LogP contribution in [0.5, 0.6) is 5.75 Å². The molecule has 1 aromatic carbocycles. The molecular formula is C16H17F2N3O2S. The number of amides is 1. The number of aryl methyl sites for hydroxylation is 1. The van der Waals surface area contributed by atoms with E-state index in [4.69, 9.17) is 4.74 Å². The first-order chi connectivity index (χ1) is 11.4. The van der Waals surface area contributed by atoms with Gasteiger partial charge in [-0.3, -0.25) is 10.1 Å². The number of hydrogen-bond donors (Lipinski definition) is 2. The highest BCUT2D eigenvalue weighted by Crippen LogP contribution is 2.32. The Bertz CT molecular complexity index is 746. The van der Waals surface area contributed by atoms with Gasteiger partial charge in [0.15, 0.2) is 5.13 Å². The zero-order valence-electron chi connectivity index (χ0n) is 13.2. The molecule has 3 rings (SSSR count). The van der Waals surface area contributed by atoms with Crippen molar-refractivity contribution < 1.29 is 18.3 Å². The summed E-state index contributed by atoms with van der Waals surface area (Å²) in [5, 5.41) is 5.56. The third-order valence-electron chi connectivity index (χ3n) is 3.82. The number of halogens is 2. The second-order valence-electron chi connectivity index (χ2n) is 5.64. The Morgan fingerprint density at radius 2 is 2.12 bits per heavy atom. The van der Waals surface area contributed by atoms with Gasteiger partial charge in [0.1, 0.15) is 5.75 Å². The van der Waals surface area contributed by atoms with Gasteiger partial charge in [-0.25, -0.2) is 13.8 Å². The second-order valence-corrected chi connectivity index (χ2v) is 6.84. The van der Waals surface area contributed by atoms with Gasteiger partial charge >= 0.3 is 0 Å². The molecule has 24 heavy (non-hydrogen) atoms. The number of ether oxygens (including phenoxy) is 1. The quantitative estimate of drug-likeness (QED) is 0.887. The van der Waals surface area contributed by atoms with Crippen LogP contribution in [0.3, 0.4) is 0 Å². The molecule has 1 aliphatic rings. The van der Waals surface area contributed by atoms with Gasteiger partial charge in [0, 0.05) is 16.9 Å². The first-order valence-corrected chi connectivity index (χ1v) is 8.23. The lowest BCUT2D eigenvalue weighted by molar-refractivity contribution is -0.118. The van der Waals surface area contributed by atoms with E-state index in [1.54, 1.807) is 7.11 Å². The summed E-state index contributed by atoms with van der Waals surface area (Å²) >= 11 is 1.32. The highest BCUT2D eigenvalue weighted by Gasteiger charge is 2.42. The Kier molecular flexibility index (Phi) is 4.51. The fraction of sp³-hybridized carbons (Fsp3) is 0.375. The number of methoxy groups -OCH3 is 1. The molecule has 1 unspecified atom stereocenters. The van der Waals surface area contributed by atoms with E-state index in [0.29, 0.717) is 5.13 Å². The van der Waals surface area contributed by atoms with Crippen LogP contribution in [0.1, 0.15) is 11.3 Å². The predicted molar refractivity (Wildman–Crippen MR) is 88.8 cm³/mol. The molecule has 8 heteroatoms. The van der Waals surface area contributed by atoms with E-state index in [1.807, 2.05) is 31.2 Å². The van der Waals surface area contributed by atoms with Gasteiger partial charge < -0.3 is 10.1 Å². The zero-order valence-corrected chi connectivity index (χ0v) is 14.0. The Hall–Kier alpha value is -2.06. The average molecular weight is 353 g/mol. The van der Waals surface area contributed by atoms with E-state index in [9.17, 15) is 13.6 Å². The van der Waals surface area contributed by atoms with Crippen molar-refractivity contribution >= 4 is 22.4 Å². The molecule has 2 N–H and O–H groups in total. The maximum Gasteiger partial charge on any atom is 0.262 e. The van der Waals surface area contributed by atoms with Crippen LogP contribution in [0.4, 0.5) is 13.9 Å². The Labute approximate surface area is 142 Å². The van der Waals surface area contributed by atoms with Crippen molar-refractivity contribution in [3.05, 3.63) is 29.1 Å². The minimum Gasteiger partial charge on any atom is -0.497 e. The van der Waals surface area contributed by atoms with Crippen molar-refractivity contribution in [1.82, 2.24) is 10.3 Å². The molecule has 0 bridgehead atoms. The van der Waals surface area contributed by atoms with Gasteiger partial charge in [-0.05, 0) is 31.2 Å². The summed E-state index contributed by atoms with van der Waals surface area (Å²) < 4.78 is 31.5. The van der Waals surface area contributed by atoms with E-state index in [0.717, 1.165) is 21.9 Å². The van der Waals surface area contributed by atoms with E-state index >= 15 is 0 Å². The maximum atomic E-state index is 13.2. The number of carbonyl (C=O) groups is 1. The molecule has 1 aliphatic heterocycles. The van der Waals surface area contributed by atoms with Crippen molar-refractivity contribution in [2.24, 2.45) is 0 Å². The lowest BCUT2D eigenvalue weighted by Gasteiger charge is -2.09. The van der Waals surface area contributed by atoms with E-state index in [1.165, 1.54) is 11.3 Å². The van der Waals surface area contributed by atoms with Gasteiger partial charge in [-0.15, -0.1) is 11.3 Å². The van der Waals surface area contributed by atoms with Crippen LogP contribution in [-0.4, -0.2) is 36.5 Å². The number of rotatable bonds is 4. The average Bonchev–Trinajstić information content (AvgIpc) is 3.09. The molecule has 2 aromatic rings. The number of alkyl halides is 2. The Balaban J connectivity index is 1.73. The largest absolute Gasteiger partial charge is 0.497 e. The van der Waals surface area contributed by atoms with Crippen molar-refractivity contribution in [1.29, 1.82) is 0 Å². The normalized spacial score (nSPS) is 19.2. The molecule has 1 aromatic heterocycles. The minimum atomic E-state index is -2.84. The van der Waals surface area contributed by atoms with Crippen LogP contribution in [-0.2, 0) is 4.79 Å². The molecule has 128 valence electrons. The SMILES string of the molecule is COc1ccc(-c2nc(NC(=O)C3CC(F)(F)CN3)sc2C)cc1. The van der Waals surface area contributed by atoms with Crippen LogP contribution >= 0.6 is 11.3 Å². The van der Waals surface area contributed by atoms with Crippen molar-refractivity contribution in [2.45, 2.75) is 25.3 Å². The van der Waals surface area contributed by atoms with Gasteiger partial charge in [0.05, 0.1) is 25.4 Å². The number of anilines is 1. The standard InChI is InChI=1S/C16H17F2N3O2S/c1-9-13(10-3-5-11(23-2)6-4-10)20-15(24-9)21-14(22)12-7-16(17,18)8-19-12/h3-6,12,19H,7-8H2,1-2H3,(H,20,21,22). The summed E-state index contributed by atoms with van der Waals surface area (Å²) in [5.74, 6) is -2.58. The number of thiazole rings is 1. The topological polar surface area (TPSA) is 63.2 Å². The summed E-state index contributed by atoms with van der Waals surface area (Å²) in [6.07, 6.45) is -0.492. The number of nitrogens with one attached hydrogen (secondary N) is 2. The molecule has 0 aliphatic carbocycles.